The molecule has 0 saturated heterocycles. The van der Waals surface area contributed by atoms with Crippen LogP contribution in [0.4, 0.5) is 0 Å². The average Bonchev–Trinajstić information content (AvgIpc) is 2.49. The summed E-state index contributed by atoms with van der Waals surface area (Å²) in [6, 6.07) is 16.3. The van der Waals surface area contributed by atoms with E-state index in [1.54, 1.807) is 0 Å². The van der Waals surface area contributed by atoms with E-state index in [1.165, 1.54) is 21.9 Å². The van der Waals surface area contributed by atoms with Crippen molar-refractivity contribution < 1.29 is 0 Å². The first kappa shape index (κ1) is 13.1. The Balaban J connectivity index is 1.69. The standard InChI is InChI=1S/C17H15ClN2/c18-16-6-4-13(5-7-16)10-20-12-15-3-1-2-14-11-19-9-8-17(14)15/h1-9,11,20H,10,12H2. The highest BCUT2D eigenvalue weighted by atomic mass is 35.5. The minimum atomic E-state index is 0.773. The number of nitrogens with one attached hydrogen (secondary N) is 1. The summed E-state index contributed by atoms with van der Waals surface area (Å²) in [6.07, 6.45) is 3.74. The highest BCUT2D eigenvalue weighted by molar-refractivity contribution is 6.30. The number of nitrogens with zero attached hydrogens (tertiary/aromatic N) is 1. The summed E-state index contributed by atoms with van der Waals surface area (Å²) in [5.41, 5.74) is 2.52. The largest absolute Gasteiger partial charge is 0.309 e. The van der Waals surface area contributed by atoms with Crippen molar-refractivity contribution in [3.05, 3.63) is 77.1 Å². The molecule has 2 nitrogen and oxygen atoms in total. The number of benzene rings is 2. The topological polar surface area (TPSA) is 24.9 Å². The van der Waals surface area contributed by atoms with Crippen LogP contribution >= 0.6 is 11.6 Å². The van der Waals surface area contributed by atoms with E-state index in [0.717, 1.165) is 18.1 Å². The maximum absolute atomic E-state index is 5.88. The zero-order valence-corrected chi connectivity index (χ0v) is 11.8. The first-order chi connectivity index (χ1) is 9.83. The average molecular weight is 283 g/mol. The molecule has 1 N–H and O–H groups in total. The van der Waals surface area contributed by atoms with Crippen LogP contribution < -0.4 is 5.32 Å². The lowest BCUT2D eigenvalue weighted by atomic mass is 10.1. The van der Waals surface area contributed by atoms with Crippen LogP contribution in [0.15, 0.2) is 60.9 Å². The Labute approximate surface area is 123 Å². The number of rotatable bonds is 4. The van der Waals surface area contributed by atoms with Crippen LogP contribution in [0.2, 0.25) is 5.02 Å². The van der Waals surface area contributed by atoms with Crippen LogP contribution in [-0.4, -0.2) is 4.98 Å². The second-order valence-corrected chi connectivity index (χ2v) is 5.18. The molecule has 20 heavy (non-hydrogen) atoms. The first-order valence-electron chi connectivity index (χ1n) is 6.60. The summed E-state index contributed by atoms with van der Waals surface area (Å²) in [5, 5.41) is 6.67. The van der Waals surface area contributed by atoms with Gasteiger partial charge in [0, 0.05) is 35.9 Å². The number of hydrogen-bond acceptors (Lipinski definition) is 2. The van der Waals surface area contributed by atoms with Gasteiger partial charge in [-0.2, -0.15) is 0 Å². The van der Waals surface area contributed by atoms with Crippen molar-refractivity contribution in [2.24, 2.45) is 0 Å². The molecule has 0 spiro atoms. The van der Waals surface area contributed by atoms with Gasteiger partial charge in [0.1, 0.15) is 0 Å². The molecule has 0 aliphatic carbocycles. The smallest absolute Gasteiger partial charge is 0.0406 e. The SMILES string of the molecule is Clc1ccc(CNCc2cccc3cnccc23)cc1. The monoisotopic (exact) mass is 282 g/mol. The summed E-state index contributed by atoms with van der Waals surface area (Å²) >= 11 is 5.88. The van der Waals surface area contributed by atoms with Gasteiger partial charge >= 0.3 is 0 Å². The van der Waals surface area contributed by atoms with E-state index in [1.807, 2.05) is 36.7 Å². The molecule has 0 saturated carbocycles. The molecule has 0 bridgehead atoms. The van der Waals surface area contributed by atoms with Gasteiger partial charge in [0.15, 0.2) is 0 Å². The molecule has 3 heteroatoms. The molecule has 0 amide bonds. The molecular formula is C17H15ClN2. The summed E-state index contributed by atoms with van der Waals surface area (Å²) in [5.74, 6) is 0. The van der Waals surface area contributed by atoms with E-state index in [0.29, 0.717) is 0 Å². The molecule has 1 heterocycles. The molecule has 0 aliphatic heterocycles. The third kappa shape index (κ3) is 2.98. The number of hydrogen-bond donors (Lipinski definition) is 1. The van der Waals surface area contributed by atoms with E-state index in [-0.39, 0.29) is 0 Å². The van der Waals surface area contributed by atoms with Gasteiger partial charge in [0.05, 0.1) is 0 Å². The molecule has 3 rings (SSSR count). The molecule has 1 aromatic heterocycles. The van der Waals surface area contributed by atoms with Gasteiger partial charge in [0.2, 0.25) is 0 Å². The van der Waals surface area contributed by atoms with Crippen LogP contribution in [0.1, 0.15) is 11.1 Å². The molecule has 100 valence electrons. The maximum atomic E-state index is 5.88. The van der Waals surface area contributed by atoms with Crippen LogP contribution in [-0.2, 0) is 13.1 Å². The molecule has 0 aliphatic rings. The molecule has 2 aromatic carbocycles. The number of pyridine rings is 1. The van der Waals surface area contributed by atoms with E-state index in [9.17, 15) is 0 Å². The Hall–Kier alpha value is -1.90. The quantitative estimate of drug-likeness (QED) is 0.776. The molecular weight excluding hydrogens is 268 g/mol. The van der Waals surface area contributed by atoms with Crippen molar-refractivity contribution in [3.63, 3.8) is 0 Å². The van der Waals surface area contributed by atoms with Gasteiger partial charge in [-0.25, -0.2) is 0 Å². The van der Waals surface area contributed by atoms with Gasteiger partial charge < -0.3 is 5.32 Å². The third-order valence-electron chi connectivity index (χ3n) is 3.33. The molecule has 3 aromatic rings. The molecule has 0 unspecified atom stereocenters. The Morgan fingerprint density at radius 1 is 0.950 bits per heavy atom. The van der Waals surface area contributed by atoms with Gasteiger partial charge in [-0.3, -0.25) is 4.98 Å². The fourth-order valence-corrected chi connectivity index (χ4v) is 2.41. The third-order valence-corrected chi connectivity index (χ3v) is 3.58. The van der Waals surface area contributed by atoms with Crippen molar-refractivity contribution in [1.82, 2.24) is 10.3 Å². The fraction of sp³-hybridized carbons (Fsp3) is 0.118. The maximum Gasteiger partial charge on any atom is 0.0406 e. The van der Waals surface area contributed by atoms with Crippen LogP contribution in [0.3, 0.4) is 0 Å². The summed E-state index contributed by atoms with van der Waals surface area (Å²) in [4.78, 5) is 4.16. The highest BCUT2D eigenvalue weighted by Gasteiger charge is 2.00. The van der Waals surface area contributed by atoms with Gasteiger partial charge in [-0.05, 0) is 34.7 Å². The molecule has 0 atom stereocenters. The van der Waals surface area contributed by atoms with Gasteiger partial charge in [-0.1, -0.05) is 41.9 Å². The molecule has 0 radical (unpaired) electrons. The zero-order chi connectivity index (χ0) is 13.8. The van der Waals surface area contributed by atoms with Crippen LogP contribution in [0.5, 0.6) is 0 Å². The highest BCUT2D eigenvalue weighted by Crippen LogP contribution is 2.17. The fourth-order valence-electron chi connectivity index (χ4n) is 2.29. The predicted molar refractivity (Wildman–Crippen MR) is 83.7 cm³/mol. The Morgan fingerprint density at radius 2 is 1.80 bits per heavy atom. The lowest BCUT2D eigenvalue weighted by Gasteiger charge is -2.08. The van der Waals surface area contributed by atoms with E-state index in [2.05, 4.69) is 34.6 Å². The molecule has 0 fully saturated rings. The van der Waals surface area contributed by atoms with Crippen molar-refractivity contribution in [2.45, 2.75) is 13.1 Å². The van der Waals surface area contributed by atoms with Crippen LogP contribution in [0, 0.1) is 0 Å². The van der Waals surface area contributed by atoms with E-state index >= 15 is 0 Å². The van der Waals surface area contributed by atoms with Crippen molar-refractivity contribution in [2.75, 3.05) is 0 Å². The zero-order valence-electron chi connectivity index (χ0n) is 11.0. The minimum absolute atomic E-state index is 0.773. The van der Waals surface area contributed by atoms with Crippen LogP contribution in [0.25, 0.3) is 10.8 Å². The lowest BCUT2D eigenvalue weighted by Crippen LogP contribution is -2.12. The second-order valence-electron chi connectivity index (χ2n) is 4.74. The minimum Gasteiger partial charge on any atom is -0.309 e. The van der Waals surface area contributed by atoms with Crippen molar-refractivity contribution in [1.29, 1.82) is 0 Å². The number of halogens is 1. The van der Waals surface area contributed by atoms with Crippen molar-refractivity contribution in [3.8, 4) is 0 Å². The normalized spacial score (nSPS) is 10.8. The van der Waals surface area contributed by atoms with E-state index in [4.69, 9.17) is 11.6 Å². The summed E-state index contributed by atoms with van der Waals surface area (Å²) < 4.78 is 0. The van der Waals surface area contributed by atoms with Gasteiger partial charge in [0.25, 0.3) is 0 Å². The van der Waals surface area contributed by atoms with E-state index < -0.39 is 0 Å². The Morgan fingerprint density at radius 3 is 2.65 bits per heavy atom. The number of fused-ring (bicyclic) bond motifs is 1. The Kier molecular flexibility index (Phi) is 3.95. The van der Waals surface area contributed by atoms with Crippen molar-refractivity contribution >= 4 is 22.4 Å². The summed E-state index contributed by atoms with van der Waals surface area (Å²) in [7, 11) is 0. The first-order valence-corrected chi connectivity index (χ1v) is 6.97. The number of aromatic nitrogens is 1. The second kappa shape index (κ2) is 6.04. The Bertz CT molecular complexity index is 702. The predicted octanol–water partition coefficient (Wildman–Crippen LogP) is 4.18. The summed E-state index contributed by atoms with van der Waals surface area (Å²) in [6.45, 7) is 1.67. The lowest BCUT2D eigenvalue weighted by molar-refractivity contribution is 0.696. The van der Waals surface area contributed by atoms with Gasteiger partial charge in [-0.15, -0.1) is 0 Å².